The van der Waals surface area contributed by atoms with Crippen LogP contribution in [-0.2, 0) is 0 Å². The molecular formula is C9H11Cl2NO2. The zero-order valence-electron chi connectivity index (χ0n) is 7.37. The van der Waals surface area contributed by atoms with Gasteiger partial charge < -0.3 is 15.5 Å². The minimum Gasteiger partial charge on any atom is -0.394 e. The van der Waals surface area contributed by atoms with Gasteiger partial charge in [-0.05, 0) is 12.1 Å². The molecule has 3 N–H and O–H groups in total. The zero-order valence-corrected chi connectivity index (χ0v) is 8.89. The average Bonchev–Trinajstić information content (AvgIpc) is 2.20. The average molecular weight is 236 g/mol. The van der Waals surface area contributed by atoms with E-state index in [9.17, 15) is 0 Å². The molecule has 0 bridgehead atoms. The molecule has 78 valence electrons. The Bertz CT molecular complexity index is 307. The van der Waals surface area contributed by atoms with E-state index in [1.165, 1.54) is 0 Å². The van der Waals surface area contributed by atoms with E-state index in [2.05, 4.69) is 5.32 Å². The van der Waals surface area contributed by atoms with E-state index in [-0.39, 0.29) is 13.2 Å². The molecule has 14 heavy (non-hydrogen) atoms. The van der Waals surface area contributed by atoms with E-state index in [0.717, 1.165) is 0 Å². The number of aliphatic hydroxyl groups is 2. The van der Waals surface area contributed by atoms with Gasteiger partial charge in [-0.25, -0.2) is 0 Å². The van der Waals surface area contributed by atoms with Gasteiger partial charge in [-0.1, -0.05) is 29.3 Å². The Hall–Kier alpha value is -0.480. The summed E-state index contributed by atoms with van der Waals surface area (Å²) in [5.74, 6) is 0. The van der Waals surface area contributed by atoms with Crippen molar-refractivity contribution in [2.75, 3.05) is 18.5 Å². The molecule has 0 saturated carbocycles. The molecule has 0 aliphatic heterocycles. The maximum Gasteiger partial charge on any atom is 0.0942 e. The molecule has 0 fully saturated rings. The number of hydrogen-bond donors (Lipinski definition) is 3. The Kier molecular flexibility index (Phi) is 4.48. The summed E-state index contributed by atoms with van der Waals surface area (Å²) in [5, 5.41) is 21.4. The molecule has 0 amide bonds. The highest BCUT2D eigenvalue weighted by atomic mass is 35.5. The summed E-state index contributed by atoms with van der Waals surface area (Å²) in [7, 11) is 0. The minimum atomic E-state index is -0.801. The van der Waals surface area contributed by atoms with Gasteiger partial charge in [-0.15, -0.1) is 0 Å². The van der Waals surface area contributed by atoms with Crippen LogP contribution in [0.3, 0.4) is 0 Å². The first kappa shape index (κ1) is 11.6. The Balaban J connectivity index is 2.63. The number of rotatable bonds is 4. The molecule has 0 heterocycles. The fourth-order valence-corrected chi connectivity index (χ4v) is 1.30. The molecule has 0 saturated heterocycles. The predicted octanol–water partition coefficient (Wildman–Crippen LogP) is 1.76. The SMILES string of the molecule is OCC(O)CNc1cccc(Cl)c1Cl. The van der Waals surface area contributed by atoms with Gasteiger partial charge in [-0.3, -0.25) is 0 Å². The van der Waals surface area contributed by atoms with Crippen LogP contribution < -0.4 is 5.32 Å². The molecule has 0 aromatic heterocycles. The molecule has 1 aromatic carbocycles. The van der Waals surface area contributed by atoms with Crippen LogP contribution in [0.15, 0.2) is 18.2 Å². The van der Waals surface area contributed by atoms with Crippen molar-refractivity contribution < 1.29 is 10.2 Å². The summed E-state index contributed by atoms with van der Waals surface area (Å²) in [6.45, 7) is -0.0538. The van der Waals surface area contributed by atoms with Crippen molar-refractivity contribution in [1.29, 1.82) is 0 Å². The first-order valence-corrected chi connectivity index (χ1v) is 4.87. The number of halogens is 2. The second-order valence-electron chi connectivity index (χ2n) is 2.82. The lowest BCUT2D eigenvalue weighted by molar-refractivity contribution is 0.105. The van der Waals surface area contributed by atoms with Gasteiger partial charge in [0.05, 0.1) is 28.4 Å². The minimum absolute atomic E-state index is 0.233. The first-order valence-electron chi connectivity index (χ1n) is 4.12. The van der Waals surface area contributed by atoms with E-state index in [4.69, 9.17) is 33.4 Å². The molecule has 0 aliphatic carbocycles. The van der Waals surface area contributed by atoms with E-state index in [1.807, 2.05) is 0 Å². The summed E-state index contributed by atoms with van der Waals surface area (Å²) in [4.78, 5) is 0. The van der Waals surface area contributed by atoms with Gasteiger partial charge >= 0.3 is 0 Å². The predicted molar refractivity (Wildman–Crippen MR) is 58.0 cm³/mol. The number of anilines is 1. The second-order valence-corrected chi connectivity index (χ2v) is 3.60. The van der Waals surface area contributed by atoms with Crippen LogP contribution in [0.1, 0.15) is 0 Å². The van der Waals surface area contributed by atoms with Crippen LogP contribution in [0.5, 0.6) is 0 Å². The number of hydrogen-bond acceptors (Lipinski definition) is 3. The molecule has 1 atom stereocenters. The van der Waals surface area contributed by atoms with Gasteiger partial charge in [-0.2, -0.15) is 0 Å². The Labute approximate surface area is 92.3 Å². The van der Waals surface area contributed by atoms with Gasteiger partial charge in [0.25, 0.3) is 0 Å². The highest BCUT2D eigenvalue weighted by Gasteiger charge is 2.05. The van der Waals surface area contributed by atoms with Crippen LogP contribution in [0.4, 0.5) is 5.69 Å². The summed E-state index contributed by atoms with van der Waals surface area (Å²) in [6.07, 6.45) is -0.801. The number of aliphatic hydroxyl groups excluding tert-OH is 2. The fraction of sp³-hybridized carbons (Fsp3) is 0.333. The van der Waals surface area contributed by atoms with Gasteiger partial charge in [0.1, 0.15) is 0 Å². The topological polar surface area (TPSA) is 52.5 Å². The third kappa shape index (κ3) is 3.03. The molecule has 0 spiro atoms. The van der Waals surface area contributed by atoms with E-state index in [0.29, 0.717) is 15.7 Å². The molecule has 3 nitrogen and oxygen atoms in total. The fourth-order valence-electron chi connectivity index (χ4n) is 0.933. The highest BCUT2D eigenvalue weighted by molar-refractivity contribution is 6.43. The largest absolute Gasteiger partial charge is 0.394 e. The third-order valence-electron chi connectivity index (χ3n) is 1.69. The summed E-state index contributed by atoms with van der Waals surface area (Å²) in [5.41, 5.74) is 0.645. The van der Waals surface area contributed by atoms with Crippen LogP contribution in [0, 0.1) is 0 Å². The van der Waals surface area contributed by atoms with Crippen LogP contribution in [-0.4, -0.2) is 29.5 Å². The molecule has 1 rings (SSSR count). The van der Waals surface area contributed by atoms with Gasteiger partial charge in [0, 0.05) is 6.54 Å². The normalized spacial score (nSPS) is 12.6. The standard InChI is InChI=1S/C9H11Cl2NO2/c10-7-2-1-3-8(9(7)11)12-4-6(14)5-13/h1-3,6,12-14H,4-5H2. The number of nitrogens with one attached hydrogen (secondary N) is 1. The zero-order chi connectivity index (χ0) is 10.6. The maximum absolute atomic E-state index is 9.09. The van der Waals surface area contributed by atoms with Crippen molar-refractivity contribution in [1.82, 2.24) is 0 Å². The summed E-state index contributed by atoms with van der Waals surface area (Å²) >= 11 is 11.7. The third-order valence-corrected chi connectivity index (χ3v) is 2.51. The van der Waals surface area contributed by atoms with E-state index >= 15 is 0 Å². The molecule has 5 heteroatoms. The van der Waals surface area contributed by atoms with Crippen molar-refractivity contribution in [3.8, 4) is 0 Å². The lowest BCUT2D eigenvalue weighted by Gasteiger charge is -2.11. The van der Waals surface area contributed by atoms with Crippen LogP contribution in [0.2, 0.25) is 10.0 Å². The molecule has 1 unspecified atom stereocenters. The Morgan fingerprint density at radius 2 is 2.07 bits per heavy atom. The van der Waals surface area contributed by atoms with Gasteiger partial charge in [0.15, 0.2) is 0 Å². The van der Waals surface area contributed by atoms with Crippen molar-refractivity contribution in [2.45, 2.75) is 6.10 Å². The summed E-state index contributed by atoms with van der Waals surface area (Å²) < 4.78 is 0. The van der Waals surface area contributed by atoms with Crippen LogP contribution in [0.25, 0.3) is 0 Å². The first-order chi connectivity index (χ1) is 6.65. The van der Waals surface area contributed by atoms with Crippen LogP contribution >= 0.6 is 23.2 Å². The van der Waals surface area contributed by atoms with Gasteiger partial charge in [0.2, 0.25) is 0 Å². The monoisotopic (exact) mass is 235 g/mol. The summed E-state index contributed by atoms with van der Waals surface area (Å²) in [6, 6.07) is 5.18. The Morgan fingerprint density at radius 1 is 1.36 bits per heavy atom. The van der Waals surface area contributed by atoms with Crippen molar-refractivity contribution in [3.05, 3.63) is 28.2 Å². The highest BCUT2D eigenvalue weighted by Crippen LogP contribution is 2.29. The molecular weight excluding hydrogens is 225 g/mol. The van der Waals surface area contributed by atoms with Crippen molar-refractivity contribution in [2.24, 2.45) is 0 Å². The molecule has 0 aliphatic rings. The van der Waals surface area contributed by atoms with E-state index < -0.39 is 6.10 Å². The van der Waals surface area contributed by atoms with Crippen molar-refractivity contribution >= 4 is 28.9 Å². The number of benzene rings is 1. The van der Waals surface area contributed by atoms with E-state index in [1.54, 1.807) is 18.2 Å². The lowest BCUT2D eigenvalue weighted by Crippen LogP contribution is -2.23. The molecule has 1 aromatic rings. The Morgan fingerprint density at radius 3 is 2.71 bits per heavy atom. The van der Waals surface area contributed by atoms with Crippen molar-refractivity contribution in [3.63, 3.8) is 0 Å². The maximum atomic E-state index is 9.09. The molecule has 0 radical (unpaired) electrons. The lowest BCUT2D eigenvalue weighted by atomic mass is 10.3. The second kappa shape index (κ2) is 5.41. The quantitative estimate of drug-likeness (QED) is 0.746. The smallest absolute Gasteiger partial charge is 0.0942 e.